The van der Waals surface area contributed by atoms with E-state index in [9.17, 15) is 5.11 Å². The van der Waals surface area contributed by atoms with Gasteiger partial charge in [0.05, 0.1) is 22.4 Å². The number of methoxy groups -OCH3 is 2. The summed E-state index contributed by atoms with van der Waals surface area (Å²) >= 11 is 7.41. The second kappa shape index (κ2) is 9.58. The monoisotopic (exact) mass is 468 g/mol. The quantitative estimate of drug-likeness (QED) is 0.480. The Labute approximate surface area is 191 Å². The Balaban J connectivity index is 1.50. The lowest BCUT2D eigenvalue weighted by atomic mass is 9.75. The summed E-state index contributed by atoms with van der Waals surface area (Å²) < 4.78 is 16.8. The maximum atomic E-state index is 9.40. The highest BCUT2D eigenvalue weighted by molar-refractivity contribution is 8.01. The third-order valence-corrected chi connectivity index (χ3v) is 7.29. The molecule has 2 aliphatic rings. The Morgan fingerprint density at radius 2 is 2.00 bits per heavy atom. The summed E-state index contributed by atoms with van der Waals surface area (Å²) in [5.41, 5.74) is -0.0933. The van der Waals surface area contributed by atoms with Crippen LogP contribution in [0.4, 0.5) is 5.95 Å². The Kier molecular flexibility index (Phi) is 7.02. The number of nitrogens with zero attached hydrogens (tertiary/aromatic N) is 5. The summed E-state index contributed by atoms with van der Waals surface area (Å²) in [5, 5.41) is 18.9. The van der Waals surface area contributed by atoms with Crippen LogP contribution in [0.25, 0.3) is 0 Å². The molecule has 2 N–H and O–H groups in total. The molecule has 2 fully saturated rings. The van der Waals surface area contributed by atoms with Crippen molar-refractivity contribution in [2.45, 2.75) is 55.4 Å². The number of nitrogens with one attached hydrogen (secondary N) is 1. The second-order valence-corrected chi connectivity index (χ2v) is 10.1. The molecule has 2 aromatic heterocycles. The summed E-state index contributed by atoms with van der Waals surface area (Å²) in [4.78, 5) is 8.60. The van der Waals surface area contributed by atoms with Crippen molar-refractivity contribution in [3.8, 4) is 0 Å². The predicted octanol–water partition coefficient (Wildman–Crippen LogP) is 3.18. The molecule has 0 spiro atoms. The van der Waals surface area contributed by atoms with E-state index in [-0.39, 0.29) is 23.5 Å². The minimum Gasteiger partial charge on any atom is -0.396 e. The predicted molar refractivity (Wildman–Crippen MR) is 119 cm³/mol. The van der Waals surface area contributed by atoms with Crippen molar-refractivity contribution in [1.82, 2.24) is 24.7 Å². The average Bonchev–Trinajstić information content (AvgIpc) is 3.38. The standard InChI is InChI=1S/C20H29ClN6O3S/c1-12(16(30-3)17-22-8-15(21)9-23-17)31-26-19-25-24-18(14-6-13(7-14)10-28)27(19)20(4-5-20)11-29-2/h8-9,12-14,16,28H,4-7,10-11H2,1-3H3,(H,25,26). The molecular weight excluding hydrogens is 440 g/mol. The smallest absolute Gasteiger partial charge is 0.235 e. The van der Waals surface area contributed by atoms with Crippen molar-refractivity contribution in [2.75, 3.05) is 32.2 Å². The molecule has 9 nitrogen and oxygen atoms in total. The third-order valence-electron chi connectivity index (χ3n) is 6.17. The van der Waals surface area contributed by atoms with Crippen LogP contribution < -0.4 is 4.72 Å². The average molecular weight is 469 g/mol. The van der Waals surface area contributed by atoms with Gasteiger partial charge in [0, 0.05) is 39.1 Å². The molecular formula is C20H29ClN6O3S. The van der Waals surface area contributed by atoms with Crippen molar-refractivity contribution < 1.29 is 14.6 Å². The maximum absolute atomic E-state index is 9.40. The molecule has 0 bridgehead atoms. The van der Waals surface area contributed by atoms with Gasteiger partial charge in [-0.2, -0.15) is 0 Å². The highest BCUT2D eigenvalue weighted by Crippen LogP contribution is 2.50. The number of aromatic nitrogens is 5. The van der Waals surface area contributed by atoms with Gasteiger partial charge < -0.3 is 14.6 Å². The topological polar surface area (TPSA) is 107 Å². The summed E-state index contributed by atoms with van der Waals surface area (Å²) in [6.07, 6.45) is 6.80. The highest BCUT2D eigenvalue weighted by Gasteiger charge is 2.49. The van der Waals surface area contributed by atoms with E-state index in [2.05, 4.69) is 29.5 Å². The van der Waals surface area contributed by atoms with Crippen LogP contribution in [0.3, 0.4) is 0 Å². The zero-order valence-electron chi connectivity index (χ0n) is 18.0. The molecule has 170 valence electrons. The number of hydrogen-bond donors (Lipinski definition) is 2. The second-order valence-electron chi connectivity index (χ2n) is 8.43. The van der Waals surface area contributed by atoms with Gasteiger partial charge in [-0.3, -0.25) is 9.29 Å². The lowest BCUT2D eigenvalue weighted by Crippen LogP contribution is -2.32. The molecule has 0 aliphatic heterocycles. The zero-order chi connectivity index (χ0) is 22.0. The number of hydrogen-bond acceptors (Lipinski definition) is 9. The molecule has 2 aromatic rings. The van der Waals surface area contributed by atoms with Gasteiger partial charge in [0.1, 0.15) is 11.9 Å². The van der Waals surface area contributed by atoms with E-state index in [1.165, 1.54) is 11.9 Å². The number of rotatable bonds is 11. The van der Waals surface area contributed by atoms with Crippen LogP contribution in [-0.4, -0.2) is 62.5 Å². The molecule has 0 aromatic carbocycles. The van der Waals surface area contributed by atoms with E-state index in [1.807, 2.05) is 6.92 Å². The molecule has 4 rings (SSSR count). The molecule has 2 heterocycles. The number of aliphatic hydroxyl groups is 1. The first-order valence-corrected chi connectivity index (χ1v) is 11.7. The fourth-order valence-electron chi connectivity index (χ4n) is 4.22. The molecule has 0 radical (unpaired) electrons. The molecule has 31 heavy (non-hydrogen) atoms. The van der Waals surface area contributed by atoms with Crippen molar-refractivity contribution in [2.24, 2.45) is 5.92 Å². The molecule has 2 unspecified atom stereocenters. The van der Waals surface area contributed by atoms with Gasteiger partial charge in [0.15, 0.2) is 5.82 Å². The van der Waals surface area contributed by atoms with E-state index in [0.717, 1.165) is 37.5 Å². The van der Waals surface area contributed by atoms with Crippen LogP contribution in [0, 0.1) is 5.92 Å². The number of aliphatic hydroxyl groups excluding tert-OH is 1. The van der Waals surface area contributed by atoms with Gasteiger partial charge in [-0.25, -0.2) is 9.97 Å². The minimum atomic E-state index is -0.309. The molecule has 0 amide bonds. The molecule has 2 aliphatic carbocycles. The summed E-state index contributed by atoms with van der Waals surface area (Å²) in [7, 11) is 3.38. The van der Waals surface area contributed by atoms with Gasteiger partial charge in [-0.05, 0) is 50.5 Å². The Morgan fingerprint density at radius 3 is 2.58 bits per heavy atom. The molecule has 2 saturated carbocycles. The van der Waals surface area contributed by atoms with Gasteiger partial charge in [0.25, 0.3) is 0 Å². The van der Waals surface area contributed by atoms with Crippen molar-refractivity contribution in [3.63, 3.8) is 0 Å². The number of halogens is 1. The lowest BCUT2D eigenvalue weighted by molar-refractivity contribution is 0.0972. The van der Waals surface area contributed by atoms with E-state index in [4.69, 9.17) is 21.1 Å². The maximum Gasteiger partial charge on any atom is 0.235 e. The first kappa shape index (κ1) is 22.7. The fourth-order valence-corrected chi connectivity index (χ4v) is 5.10. The summed E-state index contributed by atoms with van der Waals surface area (Å²) in [6.45, 7) is 2.91. The molecule has 2 atom stereocenters. The van der Waals surface area contributed by atoms with Gasteiger partial charge in [-0.1, -0.05) is 11.6 Å². The van der Waals surface area contributed by atoms with Crippen LogP contribution in [-0.2, 0) is 15.0 Å². The summed E-state index contributed by atoms with van der Waals surface area (Å²) in [5.74, 6) is 2.98. The Bertz CT molecular complexity index is 872. The minimum absolute atomic E-state index is 0.000161. The molecule has 0 saturated heterocycles. The Morgan fingerprint density at radius 1 is 1.29 bits per heavy atom. The van der Waals surface area contributed by atoms with Crippen molar-refractivity contribution >= 4 is 29.5 Å². The van der Waals surface area contributed by atoms with Gasteiger partial charge in [-0.15, -0.1) is 10.2 Å². The summed E-state index contributed by atoms with van der Waals surface area (Å²) in [6, 6.07) is 0. The highest BCUT2D eigenvalue weighted by atomic mass is 35.5. The lowest BCUT2D eigenvalue weighted by Gasteiger charge is -2.35. The van der Waals surface area contributed by atoms with Gasteiger partial charge in [0.2, 0.25) is 5.95 Å². The van der Waals surface area contributed by atoms with Crippen LogP contribution in [0.15, 0.2) is 12.4 Å². The zero-order valence-corrected chi connectivity index (χ0v) is 19.6. The third kappa shape index (κ3) is 4.68. The van der Waals surface area contributed by atoms with Crippen molar-refractivity contribution in [3.05, 3.63) is 29.1 Å². The van der Waals surface area contributed by atoms with Crippen LogP contribution in [0.5, 0.6) is 0 Å². The van der Waals surface area contributed by atoms with E-state index in [0.29, 0.717) is 29.3 Å². The number of ether oxygens (including phenoxy) is 2. The van der Waals surface area contributed by atoms with E-state index in [1.54, 1.807) is 26.6 Å². The van der Waals surface area contributed by atoms with Crippen LogP contribution >= 0.6 is 23.5 Å². The first-order chi connectivity index (χ1) is 15.0. The normalized spacial score (nSPS) is 23.8. The van der Waals surface area contributed by atoms with E-state index >= 15 is 0 Å². The van der Waals surface area contributed by atoms with Gasteiger partial charge >= 0.3 is 0 Å². The van der Waals surface area contributed by atoms with Crippen LogP contribution in [0.2, 0.25) is 5.02 Å². The largest absolute Gasteiger partial charge is 0.396 e. The molecule has 11 heteroatoms. The first-order valence-electron chi connectivity index (χ1n) is 10.5. The van der Waals surface area contributed by atoms with Crippen LogP contribution in [0.1, 0.15) is 56.3 Å². The number of anilines is 1. The Hall–Kier alpha value is -1.46. The fraction of sp³-hybridized carbons (Fsp3) is 0.700. The van der Waals surface area contributed by atoms with E-state index < -0.39 is 0 Å². The SMILES string of the molecule is COCC1(n2c(NSC(C)C(OC)c3ncc(Cl)cn3)nnc2C2CC(CO)C2)CC1. The van der Waals surface area contributed by atoms with Crippen molar-refractivity contribution in [1.29, 1.82) is 0 Å².